The van der Waals surface area contributed by atoms with Gasteiger partial charge in [-0.2, -0.15) is 5.10 Å². The van der Waals surface area contributed by atoms with Crippen molar-refractivity contribution in [3.63, 3.8) is 0 Å². The number of nitrogens with zero attached hydrogens (tertiary/aromatic N) is 2. The van der Waals surface area contributed by atoms with Crippen LogP contribution >= 0.6 is 0 Å². The largest absolute Gasteiger partial charge is 0.493 e. The van der Waals surface area contributed by atoms with Crippen LogP contribution in [0.1, 0.15) is 31.4 Å². The molecule has 2 rings (SSSR count). The van der Waals surface area contributed by atoms with E-state index in [1.807, 2.05) is 0 Å². The van der Waals surface area contributed by atoms with Crippen LogP contribution in [0.25, 0.3) is 0 Å². The van der Waals surface area contributed by atoms with Gasteiger partial charge in [0, 0.05) is 19.5 Å². The van der Waals surface area contributed by atoms with Crippen LogP contribution in [0.3, 0.4) is 0 Å². The Hall–Kier alpha value is -1.10. The fourth-order valence-electron chi connectivity index (χ4n) is 2.56. The number of alkyl halides is 1. The molecule has 0 amide bonds. The summed E-state index contributed by atoms with van der Waals surface area (Å²) >= 11 is 0. The number of aromatic nitrogens is 2. The number of aryl methyl sites for hydroxylation is 1. The van der Waals surface area contributed by atoms with Gasteiger partial charge < -0.3 is 10.5 Å². The zero-order valence-corrected chi connectivity index (χ0v) is 9.74. The van der Waals surface area contributed by atoms with Crippen molar-refractivity contribution >= 4 is 0 Å². The molecule has 2 unspecified atom stereocenters. The van der Waals surface area contributed by atoms with E-state index in [0.29, 0.717) is 24.3 Å². The molecule has 0 radical (unpaired) electrons. The SMILES string of the molecule is COc1cnn(C)c1C1(F)CCCC(N)C1. The smallest absolute Gasteiger partial charge is 0.163 e. The van der Waals surface area contributed by atoms with Crippen LogP contribution in [0.5, 0.6) is 5.75 Å². The maximum absolute atomic E-state index is 14.9. The minimum Gasteiger partial charge on any atom is -0.493 e. The standard InChI is InChI=1S/C11H18FN3O/c1-15-10(9(16-2)7-14-15)11(12)5-3-4-8(13)6-11/h7-8H,3-6,13H2,1-2H3. The lowest BCUT2D eigenvalue weighted by molar-refractivity contribution is 0.0821. The third-order valence-electron chi connectivity index (χ3n) is 3.28. The van der Waals surface area contributed by atoms with Crippen molar-refractivity contribution in [2.45, 2.75) is 37.4 Å². The molecule has 2 atom stereocenters. The van der Waals surface area contributed by atoms with Crippen LogP contribution in [0.2, 0.25) is 0 Å². The van der Waals surface area contributed by atoms with E-state index in [-0.39, 0.29) is 6.04 Å². The van der Waals surface area contributed by atoms with Crippen molar-refractivity contribution in [3.05, 3.63) is 11.9 Å². The lowest BCUT2D eigenvalue weighted by atomic mass is 9.81. The van der Waals surface area contributed by atoms with Crippen LogP contribution < -0.4 is 10.5 Å². The molecule has 90 valence electrons. The summed E-state index contributed by atoms with van der Waals surface area (Å²) in [6, 6.07) is -0.0710. The highest BCUT2D eigenvalue weighted by Gasteiger charge is 2.41. The molecular formula is C11H18FN3O. The van der Waals surface area contributed by atoms with E-state index in [1.54, 1.807) is 17.9 Å². The van der Waals surface area contributed by atoms with Gasteiger partial charge in [0.1, 0.15) is 5.69 Å². The molecule has 16 heavy (non-hydrogen) atoms. The molecule has 1 aromatic heterocycles. The molecule has 0 spiro atoms. The van der Waals surface area contributed by atoms with Crippen molar-refractivity contribution < 1.29 is 9.13 Å². The van der Waals surface area contributed by atoms with Crippen molar-refractivity contribution in [1.82, 2.24) is 9.78 Å². The van der Waals surface area contributed by atoms with Gasteiger partial charge in [0.15, 0.2) is 11.4 Å². The van der Waals surface area contributed by atoms with E-state index in [9.17, 15) is 4.39 Å². The predicted octanol–water partition coefficient (Wildman–Crippen LogP) is 1.49. The summed E-state index contributed by atoms with van der Waals surface area (Å²) < 4.78 is 21.6. The molecule has 1 fully saturated rings. The van der Waals surface area contributed by atoms with E-state index in [0.717, 1.165) is 12.8 Å². The molecule has 0 saturated heterocycles. The highest BCUT2D eigenvalue weighted by Crippen LogP contribution is 2.43. The minimum atomic E-state index is -1.39. The van der Waals surface area contributed by atoms with E-state index in [2.05, 4.69) is 5.10 Å². The molecule has 0 aromatic carbocycles. The zero-order chi connectivity index (χ0) is 11.8. The minimum absolute atomic E-state index is 0.0710. The first kappa shape index (κ1) is 11.4. The number of hydrogen-bond donors (Lipinski definition) is 1. The van der Waals surface area contributed by atoms with Gasteiger partial charge in [0.2, 0.25) is 0 Å². The van der Waals surface area contributed by atoms with Crippen molar-refractivity contribution in [3.8, 4) is 5.75 Å². The summed E-state index contributed by atoms with van der Waals surface area (Å²) in [5.74, 6) is 0.513. The zero-order valence-electron chi connectivity index (χ0n) is 9.74. The monoisotopic (exact) mass is 227 g/mol. The van der Waals surface area contributed by atoms with Crippen LogP contribution in [0.4, 0.5) is 4.39 Å². The number of rotatable bonds is 2. The molecule has 1 aliphatic carbocycles. The molecular weight excluding hydrogens is 209 g/mol. The Morgan fingerprint density at radius 1 is 1.69 bits per heavy atom. The highest BCUT2D eigenvalue weighted by atomic mass is 19.1. The van der Waals surface area contributed by atoms with Gasteiger partial charge in [-0.25, -0.2) is 4.39 Å². The first-order chi connectivity index (χ1) is 7.57. The topological polar surface area (TPSA) is 53.1 Å². The van der Waals surface area contributed by atoms with E-state index >= 15 is 0 Å². The average Bonchev–Trinajstić information content (AvgIpc) is 2.59. The summed E-state index contributed by atoms with van der Waals surface area (Å²) in [6.07, 6.45) is 4.11. The Bertz CT molecular complexity index is 379. The lowest BCUT2D eigenvalue weighted by Crippen LogP contribution is -2.37. The Kier molecular flexibility index (Phi) is 2.88. The second-order valence-electron chi connectivity index (χ2n) is 4.51. The number of hydrogen-bond acceptors (Lipinski definition) is 3. The highest BCUT2D eigenvalue weighted by molar-refractivity contribution is 5.31. The molecule has 5 heteroatoms. The summed E-state index contributed by atoms with van der Waals surface area (Å²) in [6.45, 7) is 0. The van der Waals surface area contributed by atoms with Crippen LogP contribution in [-0.2, 0) is 12.7 Å². The van der Waals surface area contributed by atoms with E-state index < -0.39 is 5.67 Å². The van der Waals surface area contributed by atoms with Gasteiger partial charge in [-0.05, 0) is 19.3 Å². The second kappa shape index (κ2) is 4.05. The third-order valence-corrected chi connectivity index (χ3v) is 3.28. The Morgan fingerprint density at radius 3 is 3.06 bits per heavy atom. The third kappa shape index (κ3) is 1.80. The Morgan fingerprint density at radius 2 is 2.44 bits per heavy atom. The van der Waals surface area contributed by atoms with E-state index in [1.165, 1.54) is 7.11 Å². The van der Waals surface area contributed by atoms with Gasteiger partial charge in [-0.3, -0.25) is 4.68 Å². The summed E-state index contributed by atoms with van der Waals surface area (Å²) in [5.41, 5.74) is 4.97. The van der Waals surface area contributed by atoms with Gasteiger partial charge in [0.25, 0.3) is 0 Å². The molecule has 1 aliphatic rings. The van der Waals surface area contributed by atoms with Gasteiger partial charge >= 0.3 is 0 Å². The first-order valence-electron chi connectivity index (χ1n) is 5.58. The van der Waals surface area contributed by atoms with Crippen molar-refractivity contribution in [1.29, 1.82) is 0 Å². The average molecular weight is 227 g/mol. The number of methoxy groups -OCH3 is 1. The lowest BCUT2D eigenvalue weighted by Gasteiger charge is -2.33. The molecule has 0 bridgehead atoms. The van der Waals surface area contributed by atoms with Gasteiger partial charge in [-0.1, -0.05) is 0 Å². The number of halogens is 1. The first-order valence-corrected chi connectivity index (χ1v) is 5.58. The summed E-state index contributed by atoms with van der Waals surface area (Å²) in [4.78, 5) is 0. The van der Waals surface area contributed by atoms with Crippen LogP contribution in [0.15, 0.2) is 6.20 Å². The fraction of sp³-hybridized carbons (Fsp3) is 0.727. The van der Waals surface area contributed by atoms with Crippen molar-refractivity contribution in [2.75, 3.05) is 7.11 Å². The summed E-state index contributed by atoms with van der Waals surface area (Å²) in [5, 5.41) is 4.04. The van der Waals surface area contributed by atoms with Crippen LogP contribution in [-0.4, -0.2) is 22.9 Å². The van der Waals surface area contributed by atoms with Crippen LogP contribution in [0, 0.1) is 0 Å². The Labute approximate surface area is 94.6 Å². The summed E-state index contributed by atoms with van der Waals surface area (Å²) in [7, 11) is 3.27. The maximum atomic E-state index is 14.9. The molecule has 1 aromatic rings. The second-order valence-corrected chi connectivity index (χ2v) is 4.51. The van der Waals surface area contributed by atoms with Gasteiger partial charge in [0.05, 0.1) is 13.3 Å². The van der Waals surface area contributed by atoms with E-state index in [4.69, 9.17) is 10.5 Å². The molecule has 1 saturated carbocycles. The number of nitrogens with two attached hydrogens (primary N) is 1. The van der Waals surface area contributed by atoms with Crippen molar-refractivity contribution in [2.24, 2.45) is 12.8 Å². The fourth-order valence-corrected chi connectivity index (χ4v) is 2.56. The predicted molar refractivity (Wildman–Crippen MR) is 59.0 cm³/mol. The maximum Gasteiger partial charge on any atom is 0.163 e. The molecule has 0 aliphatic heterocycles. The Balaban J connectivity index is 2.37. The van der Waals surface area contributed by atoms with Gasteiger partial charge in [-0.15, -0.1) is 0 Å². The molecule has 2 N–H and O–H groups in total. The normalized spacial score (nSPS) is 30.4. The molecule has 1 heterocycles. The number of ether oxygens (including phenoxy) is 1. The molecule has 4 nitrogen and oxygen atoms in total. The quantitative estimate of drug-likeness (QED) is 0.833.